The Morgan fingerprint density at radius 2 is 2.14 bits per heavy atom. The fraction of sp³-hybridized carbons (Fsp3) is 0.438. The van der Waals surface area contributed by atoms with E-state index in [2.05, 4.69) is 23.4 Å². The van der Waals surface area contributed by atoms with Crippen molar-refractivity contribution in [2.45, 2.75) is 19.4 Å². The van der Waals surface area contributed by atoms with Gasteiger partial charge in [0.25, 0.3) is 0 Å². The van der Waals surface area contributed by atoms with E-state index < -0.39 is 0 Å². The molecule has 1 aromatic heterocycles. The lowest BCUT2D eigenvalue weighted by Gasteiger charge is -2.15. The van der Waals surface area contributed by atoms with Gasteiger partial charge < -0.3 is 14.8 Å². The first-order chi connectivity index (χ1) is 10.1. The van der Waals surface area contributed by atoms with Gasteiger partial charge in [0.2, 0.25) is 0 Å². The van der Waals surface area contributed by atoms with Crippen LogP contribution in [0.3, 0.4) is 0 Å². The Morgan fingerprint density at radius 3 is 2.76 bits per heavy atom. The summed E-state index contributed by atoms with van der Waals surface area (Å²) in [4.78, 5) is 0. The summed E-state index contributed by atoms with van der Waals surface area (Å²) < 4.78 is 13.0. The van der Waals surface area contributed by atoms with Gasteiger partial charge in [0.15, 0.2) is 11.5 Å². The van der Waals surface area contributed by atoms with Gasteiger partial charge in [0.1, 0.15) is 0 Å². The van der Waals surface area contributed by atoms with E-state index >= 15 is 0 Å². The van der Waals surface area contributed by atoms with Crippen LogP contribution >= 0.6 is 0 Å². The maximum atomic E-state index is 5.83. The van der Waals surface area contributed by atoms with Crippen LogP contribution in [0.25, 0.3) is 0 Å². The predicted molar refractivity (Wildman–Crippen MR) is 82.9 cm³/mol. The maximum absolute atomic E-state index is 5.83. The minimum absolute atomic E-state index is 0.281. The monoisotopic (exact) mass is 289 g/mol. The van der Waals surface area contributed by atoms with Gasteiger partial charge in [-0.15, -0.1) is 0 Å². The molecule has 0 aliphatic heterocycles. The number of benzene rings is 1. The van der Waals surface area contributed by atoms with Gasteiger partial charge in [-0.3, -0.25) is 4.68 Å². The smallest absolute Gasteiger partial charge is 0.161 e. The molecule has 1 aromatic carbocycles. The third kappa shape index (κ3) is 3.98. The molecule has 1 unspecified atom stereocenters. The Kier molecular flexibility index (Phi) is 5.22. The fourth-order valence-electron chi connectivity index (χ4n) is 2.12. The molecule has 0 bridgehead atoms. The molecule has 0 saturated heterocycles. The van der Waals surface area contributed by atoms with Crippen LogP contribution in [0.4, 0.5) is 0 Å². The lowest BCUT2D eigenvalue weighted by Crippen LogP contribution is -2.12. The van der Waals surface area contributed by atoms with Gasteiger partial charge in [0, 0.05) is 25.7 Å². The second-order valence-corrected chi connectivity index (χ2v) is 5.04. The summed E-state index contributed by atoms with van der Waals surface area (Å²) in [7, 11) is 5.52. The number of ether oxygens (including phenoxy) is 2. The van der Waals surface area contributed by atoms with Gasteiger partial charge in [0.05, 0.1) is 19.9 Å². The Labute approximate surface area is 125 Å². The lowest BCUT2D eigenvalue weighted by molar-refractivity contribution is 0.297. The number of nitrogens with zero attached hydrogens (tertiary/aromatic N) is 2. The zero-order chi connectivity index (χ0) is 15.2. The Balaban J connectivity index is 1.99. The van der Waals surface area contributed by atoms with E-state index in [4.69, 9.17) is 9.47 Å². The molecule has 0 amide bonds. The Morgan fingerprint density at radius 1 is 1.33 bits per heavy atom. The molecule has 114 valence electrons. The molecule has 2 aromatic rings. The van der Waals surface area contributed by atoms with Gasteiger partial charge in [-0.25, -0.2) is 0 Å². The highest BCUT2D eigenvalue weighted by Crippen LogP contribution is 2.30. The summed E-state index contributed by atoms with van der Waals surface area (Å²) in [6, 6.07) is 6.32. The van der Waals surface area contributed by atoms with Crippen molar-refractivity contribution in [1.82, 2.24) is 15.1 Å². The second kappa shape index (κ2) is 7.13. The lowest BCUT2D eigenvalue weighted by atomic mass is 10.1. The highest BCUT2D eigenvalue weighted by molar-refractivity contribution is 5.43. The van der Waals surface area contributed by atoms with Crippen molar-refractivity contribution in [2.24, 2.45) is 7.05 Å². The molecule has 0 spiro atoms. The fourth-order valence-corrected chi connectivity index (χ4v) is 2.12. The summed E-state index contributed by atoms with van der Waals surface area (Å²) in [5.41, 5.74) is 2.34. The van der Waals surface area contributed by atoms with Crippen LogP contribution in [0.1, 0.15) is 24.1 Å². The van der Waals surface area contributed by atoms with E-state index in [1.54, 1.807) is 11.8 Å². The molecule has 0 radical (unpaired) electrons. The molecule has 1 atom stereocenters. The third-order valence-corrected chi connectivity index (χ3v) is 3.53. The quantitative estimate of drug-likeness (QED) is 0.850. The molecule has 2 rings (SSSR count). The van der Waals surface area contributed by atoms with Crippen molar-refractivity contribution in [2.75, 3.05) is 20.8 Å². The molecule has 0 saturated carbocycles. The van der Waals surface area contributed by atoms with Gasteiger partial charge >= 0.3 is 0 Å². The molecule has 0 aliphatic carbocycles. The third-order valence-electron chi connectivity index (χ3n) is 3.53. The number of rotatable bonds is 7. The van der Waals surface area contributed by atoms with E-state index in [0.717, 1.165) is 23.5 Å². The topological polar surface area (TPSA) is 48.3 Å². The first-order valence-corrected chi connectivity index (χ1v) is 7.09. The number of nitrogens with one attached hydrogen (secondary N) is 1. The second-order valence-electron chi connectivity index (χ2n) is 5.04. The molecular formula is C16H23N3O2. The van der Waals surface area contributed by atoms with E-state index in [9.17, 15) is 0 Å². The molecule has 0 fully saturated rings. The van der Waals surface area contributed by atoms with Crippen molar-refractivity contribution in [3.05, 3.63) is 41.7 Å². The Bertz CT molecular complexity index is 581. The van der Waals surface area contributed by atoms with Gasteiger partial charge in [-0.2, -0.15) is 5.10 Å². The van der Waals surface area contributed by atoms with Crippen LogP contribution in [-0.2, 0) is 13.5 Å². The molecule has 5 heteroatoms. The zero-order valence-electron chi connectivity index (χ0n) is 13.1. The van der Waals surface area contributed by atoms with Crippen LogP contribution in [0.2, 0.25) is 0 Å². The highest BCUT2D eigenvalue weighted by Gasteiger charge is 2.09. The van der Waals surface area contributed by atoms with Crippen LogP contribution in [0.15, 0.2) is 30.6 Å². The largest absolute Gasteiger partial charge is 0.493 e. The number of hydrogen-bond donors (Lipinski definition) is 1. The van der Waals surface area contributed by atoms with Crippen molar-refractivity contribution < 1.29 is 9.47 Å². The van der Waals surface area contributed by atoms with E-state index in [0.29, 0.717) is 6.61 Å². The summed E-state index contributed by atoms with van der Waals surface area (Å²) >= 11 is 0. The number of aromatic nitrogens is 2. The van der Waals surface area contributed by atoms with Gasteiger partial charge in [-0.05, 0) is 37.2 Å². The SMILES string of the molecule is CNC(C)c1ccc(OCCc2cnn(C)c2)c(OC)c1. The molecule has 5 nitrogen and oxygen atoms in total. The summed E-state index contributed by atoms with van der Waals surface area (Å²) in [5.74, 6) is 1.54. The Hall–Kier alpha value is -2.01. The van der Waals surface area contributed by atoms with E-state index in [1.165, 1.54) is 5.56 Å². The van der Waals surface area contributed by atoms with Crippen molar-refractivity contribution in [3.63, 3.8) is 0 Å². The minimum atomic E-state index is 0.281. The summed E-state index contributed by atoms with van der Waals surface area (Å²) in [5, 5.41) is 7.36. The standard InChI is InChI=1S/C16H23N3O2/c1-12(17-2)14-5-6-15(16(9-14)20-4)21-8-7-13-10-18-19(3)11-13/h5-6,9-12,17H,7-8H2,1-4H3. The highest BCUT2D eigenvalue weighted by atomic mass is 16.5. The summed E-state index contributed by atoms with van der Waals surface area (Å²) in [6.45, 7) is 2.71. The maximum Gasteiger partial charge on any atom is 0.161 e. The molecular weight excluding hydrogens is 266 g/mol. The molecule has 0 aliphatic rings. The number of aryl methyl sites for hydroxylation is 1. The van der Waals surface area contributed by atoms with E-state index in [1.807, 2.05) is 38.6 Å². The zero-order valence-corrected chi connectivity index (χ0v) is 13.1. The van der Waals surface area contributed by atoms with Crippen molar-refractivity contribution in [3.8, 4) is 11.5 Å². The average Bonchev–Trinajstić information content (AvgIpc) is 2.92. The van der Waals surface area contributed by atoms with Crippen LogP contribution in [0.5, 0.6) is 11.5 Å². The van der Waals surface area contributed by atoms with Gasteiger partial charge in [-0.1, -0.05) is 6.07 Å². The van der Waals surface area contributed by atoms with Crippen LogP contribution in [0, 0.1) is 0 Å². The first-order valence-electron chi connectivity index (χ1n) is 7.09. The minimum Gasteiger partial charge on any atom is -0.493 e. The van der Waals surface area contributed by atoms with Crippen molar-refractivity contribution >= 4 is 0 Å². The molecule has 1 N–H and O–H groups in total. The summed E-state index contributed by atoms with van der Waals surface area (Å²) in [6.07, 6.45) is 4.68. The van der Waals surface area contributed by atoms with Crippen molar-refractivity contribution in [1.29, 1.82) is 0 Å². The van der Waals surface area contributed by atoms with Crippen LogP contribution in [-0.4, -0.2) is 30.5 Å². The normalized spacial score (nSPS) is 12.2. The number of methoxy groups -OCH3 is 1. The van der Waals surface area contributed by atoms with Crippen LogP contribution < -0.4 is 14.8 Å². The number of hydrogen-bond acceptors (Lipinski definition) is 4. The predicted octanol–water partition coefficient (Wildman–Crippen LogP) is 2.33. The molecule has 21 heavy (non-hydrogen) atoms. The molecule has 1 heterocycles. The average molecular weight is 289 g/mol. The van der Waals surface area contributed by atoms with E-state index in [-0.39, 0.29) is 6.04 Å². The first kappa shape index (κ1) is 15.4.